The largest absolute Gasteiger partial charge is 0.462 e. The van der Waals surface area contributed by atoms with Gasteiger partial charge in [-0.3, -0.25) is 0 Å². The maximum Gasteiger partial charge on any atom is 0.129 e. The predicted molar refractivity (Wildman–Crippen MR) is 74.9 cm³/mol. The van der Waals surface area contributed by atoms with Gasteiger partial charge in [-0.1, -0.05) is 0 Å². The second-order valence-electron chi connectivity index (χ2n) is 5.20. The van der Waals surface area contributed by atoms with E-state index < -0.39 is 0 Å². The van der Waals surface area contributed by atoms with Crippen molar-refractivity contribution in [2.24, 2.45) is 0 Å². The van der Waals surface area contributed by atoms with Gasteiger partial charge in [-0.15, -0.1) is 0 Å². The van der Waals surface area contributed by atoms with Crippen LogP contribution in [-0.2, 0) is 13.2 Å². The highest BCUT2D eigenvalue weighted by atomic mass is 16.4. The van der Waals surface area contributed by atoms with Crippen LogP contribution < -0.4 is 5.32 Å². The third-order valence-corrected chi connectivity index (χ3v) is 3.60. The molecule has 0 aromatic carbocycles. The van der Waals surface area contributed by atoms with Gasteiger partial charge in [0.15, 0.2) is 0 Å². The Balaban J connectivity index is 1.52. The Morgan fingerprint density at radius 1 is 1.21 bits per heavy atom. The molecule has 0 amide bonds. The second-order valence-corrected chi connectivity index (χ2v) is 5.20. The van der Waals surface area contributed by atoms with Crippen LogP contribution in [0.1, 0.15) is 17.9 Å². The summed E-state index contributed by atoms with van der Waals surface area (Å²) in [5.74, 6) is 1.53. The first-order chi connectivity index (χ1) is 9.28. The van der Waals surface area contributed by atoms with Crippen molar-refractivity contribution in [3.63, 3.8) is 0 Å². The van der Waals surface area contributed by atoms with Crippen LogP contribution in [0.25, 0.3) is 0 Å². The van der Waals surface area contributed by atoms with E-state index in [1.54, 1.807) is 0 Å². The maximum absolute atomic E-state index is 8.90. The van der Waals surface area contributed by atoms with E-state index >= 15 is 0 Å². The molecule has 2 heterocycles. The van der Waals surface area contributed by atoms with E-state index in [1.165, 1.54) is 32.7 Å². The summed E-state index contributed by atoms with van der Waals surface area (Å²) in [4.78, 5) is 4.91. The van der Waals surface area contributed by atoms with Crippen LogP contribution in [0.3, 0.4) is 0 Å². The summed E-state index contributed by atoms with van der Waals surface area (Å²) in [7, 11) is 2.18. The second kappa shape index (κ2) is 7.65. The Labute approximate surface area is 115 Å². The molecule has 0 atom stereocenters. The van der Waals surface area contributed by atoms with Gasteiger partial charge in [0.1, 0.15) is 18.1 Å². The standard InChI is InChI=1S/C14H25N3O2/c1-16-7-9-17(10-8-16)6-2-5-15-11-13-3-4-14(12-18)19-13/h3-4,15,18H,2,5-12H2,1H3. The van der Waals surface area contributed by atoms with Gasteiger partial charge in [-0.05, 0) is 38.7 Å². The van der Waals surface area contributed by atoms with Crippen LogP contribution in [0.4, 0.5) is 0 Å². The predicted octanol–water partition coefficient (Wildman–Crippen LogP) is 0.499. The maximum atomic E-state index is 8.90. The molecule has 2 rings (SSSR count). The molecule has 0 aliphatic carbocycles. The molecule has 19 heavy (non-hydrogen) atoms. The minimum atomic E-state index is -0.0244. The zero-order valence-electron chi connectivity index (χ0n) is 11.8. The average molecular weight is 267 g/mol. The highest BCUT2D eigenvalue weighted by molar-refractivity contribution is 5.05. The number of piperazine rings is 1. The van der Waals surface area contributed by atoms with E-state index in [9.17, 15) is 0 Å². The monoisotopic (exact) mass is 267 g/mol. The number of aliphatic hydroxyl groups excluding tert-OH is 1. The Morgan fingerprint density at radius 2 is 1.95 bits per heavy atom. The number of hydrogen-bond acceptors (Lipinski definition) is 5. The molecular weight excluding hydrogens is 242 g/mol. The van der Waals surface area contributed by atoms with Gasteiger partial charge in [-0.25, -0.2) is 0 Å². The fourth-order valence-electron chi connectivity index (χ4n) is 2.31. The SMILES string of the molecule is CN1CCN(CCCNCc2ccc(CO)o2)CC1. The minimum Gasteiger partial charge on any atom is -0.462 e. The first-order valence-electron chi connectivity index (χ1n) is 7.08. The van der Waals surface area contributed by atoms with Crippen LogP contribution in [0.5, 0.6) is 0 Å². The molecule has 5 heteroatoms. The fraction of sp³-hybridized carbons (Fsp3) is 0.714. The molecule has 0 radical (unpaired) electrons. The highest BCUT2D eigenvalue weighted by Crippen LogP contribution is 2.07. The first-order valence-corrected chi connectivity index (χ1v) is 7.08. The lowest BCUT2D eigenvalue weighted by atomic mass is 10.3. The zero-order chi connectivity index (χ0) is 13.5. The fourth-order valence-corrected chi connectivity index (χ4v) is 2.31. The van der Waals surface area contributed by atoms with Crippen LogP contribution in [0, 0.1) is 0 Å². The van der Waals surface area contributed by atoms with E-state index in [0.29, 0.717) is 5.76 Å². The van der Waals surface area contributed by atoms with Crippen molar-refractivity contribution in [2.45, 2.75) is 19.6 Å². The minimum absolute atomic E-state index is 0.0244. The lowest BCUT2D eigenvalue weighted by Gasteiger charge is -2.32. The molecule has 2 N–H and O–H groups in total. The smallest absolute Gasteiger partial charge is 0.129 e. The molecule has 0 saturated carbocycles. The summed E-state index contributed by atoms with van der Waals surface area (Å²) < 4.78 is 5.41. The van der Waals surface area contributed by atoms with Crippen molar-refractivity contribution in [2.75, 3.05) is 46.3 Å². The van der Waals surface area contributed by atoms with Crippen molar-refractivity contribution >= 4 is 0 Å². The van der Waals surface area contributed by atoms with Crippen LogP contribution in [-0.4, -0.2) is 61.2 Å². The third-order valence-electron chi connectivity index (χ3n) is 3.60. The number of hydrogen-bond donors (Lipinski definition) is 2. The van der Waals surface area contributed by atoms with Crippen LogP contribution in [0.2, 0.25) is 0 Å². The average Bonchev–Trinajstić information content (AvgIpc) is 2.88. The van der Waals surface area contributed by atoms with Gasteiger partial charge >= 0.3 is 0 Å². The quantitative estimate of drug-likeness (QED) is 0.705. The van der Waals surface area contributed by atoms with Gasteiger partial charge < -0.3 is 24.6 Å². The number of likely N-dealkylation sites (N-methyl/N-ethyl adjacent to an activating group) is 1. The molecule has 5 nitrogen and oxygen atoms in total. The number of nitrogens with one attached hydrogen (secondary N) is 1. The van der Waals surface area contributed by atoms with Crippen LogP contribution in [0.15, 0.2) is 16.5 Å². The molecule has 1 saturated heterocycles. The lowest BCUT2D eigenvalue weighted by molar-refractivity contribution is 0.152. The van der Waals surface area contributed by atoms with Crippen LogP contribution >= 0.6 is 0 Å². The first kappa shape index (κ1) is 14.5. The summed E-state index contributed by atoms with van der Waals surface area (Å²) in [5, 5.41) is 12.3. The molecule has 1 fully saturated rings. The Morgan fingerprint density at radius 3 is 2.63 bits per heavy atom. The van der Waals surface area contributed by atoms with Gasteiger partial charge in [0.25, 0.3) is 0 Å². The Kier molecular flexibility index (Phi) is 5.85. The Bertz CT molecular complexity index is 359. The zero-order valence-corrected chi connectivity index (χ0v) is 11.8. The van der Waals surface area contributed by atoms with Crippen molar-refractivity contribution < 1.29 is 9.52 Å². The Hall–Kier alpha value is -0.880. The molecule has 1 aliphatic heterocycles. The normalized spacial score (nSPS) is 18.0. The summed E-state index contributed by atoms with van der Waals surface area (Å²) in [6.07, 6.45) is 1.16. The highest BCUT2D eigenvalue weighted by Gasteiger charge is 2.12. The van der Waals surface area contributed by atoms with E-state index in [1.807, 2.05) is 12.1 Å². The number of rotatable bonds is 7. The van der Waals surface area contributed by atoms with E-state index in [-0.39, 0.29) is 6.61 Å². The van der Waals surface area contributed by atoms with E-state index in [4.69, 9.17) is 9.52 Å². The lowest BCUT2D eigenvalue weighted by Crippen LogP contribution is -2.45. The molecule has 1 aromatic rings. The molecular formula is C14H25N3O2. The molecule has 0 spiro atoms. The van der Waals surface area contributed by atoms with Crippen molar-refractivity contribution in [3.8, 4) is 0 Å². The van der Waals surface area contributed by atoms with Gasteiger partial charge in [0.05, 0.1) is 6.54 Å². The number of nitrogens with zero attached hydrogens (tertiary/aromatic N) is 2. The summed E-state index contributed by atoms with van der Waals surface area (Å²) >= 11 is 0. The third kappa shape index (κ3) is 4.95. The summed E-state index contributed by atoms with van der Waals surface area (Å²) in [6.45, 7) is 7.63. The molecule has 108 valence electrons. The van der Waals surface area contributed by atoms with Gasteiger partial charge in [-0.2, -0.15) is 0 Å². The van der Waals surface area contributed by atoms with Gasteiger partial charge in [0, 0.05) is 26.2 Å². The molecule has 1 aromatic heterocycles. The van der Waals surface area contributed by atoms with Crippen molar-refractivity contribution in [1.29, 1.82) is 0 Å². The van der Waals surface area contributed by atoms with E-state index in [0.717, 1.165) is 25.3 Å². The topological polar surface area (TPSA) is 51.9 Å². The van der Waals surface area contributed by atoms with Gasteiger partial charge in [0.2, 0.25) is 0 Å². The number of aliphatic hydroxyl groups is 1. The molecule has 0 bridgehead atoms. The molecule has 1 aliphatic rings. The number of furan rings is 1. The molecule has 0 unspecified atom stereocenters. The van der Waals surface area contributed by atoms with Crippen molar-refractivity contribution in [3.05, 3.63) is 23.7 Å². The van der Waals surface area contributed by atoms with Crippen molar-refractivity contribution in [1.82, 2.24) is 15.1 Å². The summed E-state index contributed by atoms with van der Waals surface area (Å²) in [5.41, 5.74) is 0. The summed E-state index contributed by atoms with van der Waals surface area (Å²) in [6, 6.07) is 3.74. The van der Waals surface area contributed by atoms with E-state index in [2.05, 4.69) is 22.2 Å².